The highest BCUT2D eigenvalue weighted by Crippen LogP contribution is 2.32. The molecule has 0 saturated carbocycles. The predicted octanol–water partition coefficient (Wildman–Crippen LogP) is 4.70. The summed E-state index contributed by atoms with van der Waals surface area (Å²) in [6.45, 7) is 11.5. The van der Waals surface area contributed by atoms with Crippen LogP contribution in [0.5, 0.6) is 0 Å². The molecule has 0 bridgehead atoms. The average molecular weight is 283 g/mol. The van der Waals surface area contributed by atoms with Crippen molar-refractivity contribution in [2.24, 2.45) is 5.41 Å². The van der Waals surface area contributed by atoms with Gasteiger partial charge >= 0.3 is 0 Å². The zero-order valence-corrected chi connectivity index (χ0v) is 13.3. The van der Waals surface area contributed by atoms with Gasteiger partial charge in [-0.05, 0) is 57.1 Å². The lowest BCUT2D eigenvalue weighted by molar-refractivity contribution is 0.218. The molecule has 0 spiro atoms. The Hall–Kier alpha value is -0.960. The van der Waals surface area contributed by atoms with E-state index in [1.807, 2.05) is 0 Å². The molecule has 0 aliphatic rings. The van der Waals surface area contributed by atoms with E-state index in [4.69, 9.17) is 0 Å². The number of hydrogen-bond acceptors (Lipinski definition) is 1. The van der Waals surface area contributed by atoms with Gasteiger partial charge in [-0.3, -0.25) is 0 Å². The maximum Gasteiger partial charge on any atom is 0.129 e. The number of nitrogens with one attached hydrogen (secondary N) is 1. The average Bonchev–Trinajstić information content (AvgIpc) is 2.36. The van der Waals surface area contributed by atoms with Gasteiger partial charge in [-0.1, -0.05) is 19.9 Å². The fourth-order valence-electron chi connectivity index (χ4n) is 2.33. The quantitative estimate of drug-likeness (QED) is 0.798. The van der Waals surface area contributed by atoms with Crippen LogP contribution < -0.4 is 5.32 Å². The number of benzene rings is 1. The summed E-state index contributed by atoms with van der Waals surface area (Å²) >= 11 is 0. The van der Waals surface area contributed by atoms with Crippen LogP contribution in [-0.2, 0) is 6.42 Å². The van der Waals surface area contributed by atoms with Gasteiger partial charge in [-0.2, -0.15) is 0 Å². The Morgan fingerprint density at radius 2 is 1.65 bits per heavy atom. The van der Waals surface area contributed by atoms with Crippen molar-refractivity contribution in [2.75, 3.05) is 6.54 Å². The SMILES string of the molecule is CCC(CC)(CNC(C)(C)C)Cc1ccc(F)cc1F. The summed E-state index contributed by atoms with van der Waals surface area (Å²) in [4.78, 5) is 0. The Morgan fingerprint density at radius 3 is 2.10 bits per heavy atom. The molecular formula is C17H27F2N. The van der Waals surface area contributed by atoms with Gasteiger partial charge in [0.1, 0.15) is 11.6 Å². The van der Waals surface area contributed by atoms with Crippen LogP contribution in [0.15, 0.2) is 18.2 Å². The molecule has 0 unspecified atom stereocenters. The van der Waals surface area contributed by atoms with Crippen molar-refractivity contribution in [2.45, 2.75) is 59.4 Å². The highest BCUT2D eigenvalue weighted by molar-refractivity contribution is 5.20. The Morgan fingerprint density at radius 1 is 1.05 bits per heavy atom. The second-order valence-electron chi connectivity index (χ2n) is 6.72. The fourth-order valence-corrected chi connectivity index (χ4v) is 2.33. The number of rotatable bonds is 6. The Bertz CT molecular complexity index is 431. The van der Waals surface area contributed by atoms with Gasteiger partial charge in [0.25, 0.3) is 0 Å². The molecule has 1 nitrogen and oxygen atoms in total. The minimum atomic E-state index is -0.516. The third-order valence-corrected chi connectivity index (χ3v) is 4.07. The van der Waals surface area contributed by atoms with E-state index in [0.717, 1.165) is 25.5 Å². The summed E-state index contributed by atoms with van der Waals surface area (Å²) in [6.07, 6.45) is 2.56. The van der Waals surface area contributed by atoms with E-state index in [1.54, 1.807) is 6.07 Å². The molecule has 0 fully saturated rings. The summed E-state index contributed by atoms with van der Waals surface area (Å²) < 4.78 is 26.9. The van der Waals surface area contributed by atoms with Gasteiger partial charge in [-0.15, -0.1) is 0 Å². The van der Waals surface area contributed by atoms with Crippen LogP contribution >= 0.6 is 0 Å². The molecule has 3 heteroatoms. The Kier molecular flexibility index (Phi) is 5.69. The third-order valence-electron chi connectivity index (χ3n) is 4.07. The highest BCUT2D eigenvalue weighted by Gasteiger charge is 2.29. The summed E-state index contributed by atoms with van der Waals surface area (Å²) in [7, 11) is 0. The molecule has 0 saturated heterocycles. The smallest absolute Gasteiger partial charge is 0.129 e. The molecule has 0 radical (unpaired) electrons. The topological polar surface area (TPSA) is 12.0 Å². The van der Waals surface area contributed by atoms with Crippen LogP contribution in [-0.4, -0.2) is 12.1 Å². The Labute approximate surface area is 121 Å². The van der Waals surface area contributed by atoms with Crippen LogP contribution in [0.1, 0.15) is 53.0 Å². The van der Waals surface area contributed by atoms with E-state index < -0.39 is 11.6 Å². The van der Waals surface area contributed by atoms with E-state index in [2.05, 4.69) is 39.9 Å². The molecule has 0 atom stereocenters. The van der Waals surface area contributed by atoms with Crippen molar-refractivity contribution in [3.8, 4) is 0 Å². The van der Waals surface area contributed by atoms with Gasteiger partial charge in [-0.25, -0.2) is 8.78 Å². The van der Waals surface area contributed by atoms with Crippen LogP contribution in [0.3, 0.4) is 0 Å². The normalized spacial score (nSPS) is 12.8. The highest BCUT2D eigenvalue weighted by atomic mass is 19.1. The first-order chi connectivity index (χ1) is 9.21. The van der Waals surface area contributed by atoms with E-state index in [1.165, 1.54) is 6.07 Å². The van der Waals surface area contributed by atoms with Crippen molar-refractivity contribution in [1.29, 1.82) is 0 Å². The predicted molar refractivity (Wildman–Crippen MR) is 80.8 cm³/mol. The van der Waals surface area contributed by atoms with Crippen molar-refractivity contribution in [1.82, 2.24) is 5.32 Å². The second-order valence-corrected chi connectivity index (χ2v) is 6.72. The van der Waals surface area contributed by atoms with Crippen molar-refractivity contribution < 1.29 is 8.78 Å². The van der Waals surface area contributed by atoms with Gasteiger partial charge in [0.2, 0.25) is 0 Å². The zero-order valence-electron chi connectivity index (χ0n) is 13.3. The zero-order chi connectivity index (χ0) is 15.4. The molecule has 1 rings (SSSR count). The first-order valence-corrected chi connectivity index (χ1v) is 7.40. The molecule has 20 heavy (non-hydrogen) atoms. The molecular weight excluding hydrogens is 256 g/mol. The summed E-state index contributed by atoms with van der Waals surface area (Å²) in [5.41, 5.74) is 0.647. The summed E-state index contributed by atoms with van der Waals surface area (Å²) in [5.74, 6) is -0.954. The molecule has 0 aliphatic carbocycles. The lowest BCUT2D eigenvalue weighted by Crippen LogP contribution is -2.44. The second kappa shape index (κ2) is 6.66. The molecule has 1 aromatic carbocycles. The molecule has 0 aliphatic heterocycles. The monoisotopic (exact) mass is 283 g/mol. The lowest BCUT2D eigenvalue weighted by Gasteiger charge is -2.35. The van der Waals surface area contributed by atoms with Crippen molar-refractivity contribution >= 4 is 0 Å². The van der Waals surface area contributed by atoms with Gasteiger partial charge in [0, 0.05) is 18.2 Å². The van der Waals surface area contributed by atoms with Crippen LogP contribution in [0.2, 0.25) is 0 Å². The maximum atomic E-state index is 13.9. The summed E-state index contributed by atoms with van der Waals surface area (Å²) in [5, 5.41) is 3.52. The van der Waals surface area contributed by atoms with Crippen molar-refractivity contribution in [3.63, 3.8) is 0 Å². The largest absolute Gasteiger partial charge is 0.312 e. The maximum absolute atomic E-state index is 13.9. The van der Waals surface area contributed by atoms with Crippen LogP contribution in [0.4, 0.5) is 8.78 Å². The molecule has 0 amide bonds. The third kappa shape index (κ3) is 4.86. The standard InChI is InChI=1S/C17H27F2N/c1-6-17(7-2,12-20-16(3,4)5)11-13-8-9-14(18)10-15(13)19/h8-10,20H,6-7,11-12H2,1-5H3. The van der Waals surface area contributed by atoms with E-state index in [-0.39, 0.29) is 11.0 Å². The van der Waals surface area contributed by atoms with E-state index in [9.17, 15) is 8.78 Å². The fraction of sp³-hybridized carbons (Fsp3) is 0.647. The van der Waals surface area contributed by atoms with Gasteiger partial charge in [0.05, 0.1) is 0 Å². The van der Waals surface area contributed by atoms with Gasteiger partial charge in [0.15, 0.2) is 0 Å². The first kappa shape index (κ1) is 17.1. The Balaban J connectivity index is 2.90. The first-order valence-electron chi connectivity index (χ1n) is 7.40. The van der Waals surface area contributed by atoms with Crippen LogP contribution in [0.25, 0.3) is 0 Å². The lowest BCUT2D eigenvalue weighted by atomic mass is 9.76. The summed E-state index contributed by atoms with van der Waals surface area (Å²) in [6, 6.07) is 3.89. The molecule has 114 valence electrons. The number of hydrogen-bond donors (Lipinski definition) is 1. The molecule has 0 heterocycles. The number of halogens is 2. The minimum Gasteiger partial charge on any atom is -0.312 e. The van der Waals surface area contributed by atoms with E-state index in [0.29, 0.717) is 12.0 Å². The van der Waals surface area contributed by atoms with E-state index >= 15 is 0 Å². The van der Waals surface area contributed by atoms with Gasteiger partial charge < -0.3 is 5.32 Å². The molecule has 0 aromatic heterocycles. The van der Waals surface area contributed by atoms with Crippen molar-refractivity contribution in [3.05, 3.63) is 35.4 Å². The minimum absolute atomic E-state index is 0.00590. The molecule has 1 aromatic rings. The molecule has 1 N–H and O–H groups in total. The van der Waals surface area contributed by atoms with Crippen LogP contribution in [0, 0.1) is 17.0 Å².